The van der Waals surface area contributed by atoms with Gasteiger partial charge >= 0.3 is 7.82 Å². The number of carbonyl (C=O) groups is 1. The summed E-state index contributed by atoms with van der Waals surface area (Å²) in [5.74, 6) is 0.195. The van der Waals surface area contributed by atoms with Gasteiger partial charge in [-0.3, -0.25) is 14.2 Å². The maximum absolute atomic E-state index is 13.0. The minimum Gasteiger partial charge on any atom is -0.388 e. The standard InChI is InChI=1S/C18H34ClN2O8PS/c1-5-6-10-7-11(21(3)8-10)17(24)20-12(9(2)19)15-13(22)14(23)16(18(28-15)31-4)29-30(25,26)27/h9-16,18,22-23H,5-8H2,1-4H3,(H,20,24)(H2,25,26,27)/t9-,10-,11-,12-,13-,14+,15-,16+,18-/m1/s1. The molecular formula is C18H34ClN2O8PS. The number of rotatable bonds is 9. The van der Waals surface area contributed by atoms with Crippen LogP contribution in [0.15, 0.2) is 0 Å². The van der Waals surface area contributed by atoms with Crippen LogP contribution >= 0.6 is 31.2 Å². The van der Waals surface area contributed by atoms with E-state index in [1.54, 1.807) is 13.2 Å². The zero-order valence-corrected chi connectivity index (χ0v) is 20.6. The van der Waals surface area contributed by atoms with Crippen molar-refractivity contribution in [1.29, 1.82) is 0 Å². The number of likely N-dealkylation sites (N-methyl/N-ethyl adjacent to an activating group) is 1. The van der Waals surface area contributed by atoms with E-state index >= 15 is 0 Å². The number of ether oxygens (including phenoxy) is 1. The molecular weight excluding hydrogens is 471 g/mol. The van der Waals surface area contributed by atoms with E-state index in [0.717, 1.165) is 37.6 Å². The maximum Gasteiger partial charge on any atom is 0.470 e. The van der Waals surface area contributed by atoms with Gasteiger partial charge < -0.3 is 30.1 Å². The average molecular weight is 505 g/mol. The van der Waals surface area contributed by atoms with Crippen LogP contribution in [0.5, 0.6) is 0 Å². The molecule has 9 atom stereocenters. The number of hydrogen-bond donors (Lipinski definition) is 5. The molecule has 2 aliphatic rings. The summed E-state index contributed by atoms with van der Waals surface area (Å²) in [7, 11) is -3.04. The number of aliphatic hydroxyl groups excluding tert-OH is 2. The average Bonchev–Trinajstić information content (AvgIpc) is 3.03. The monoisotopic (exact) mass is 504 g/mol. The molecule has 0 unspecified atom stereocenters. The Balaban J connectivity index is 2.15. The molecule has 0 spiro atoms. The van der Waals surface area contributed by atoms with Crippen LogP contribution in [0, 0.1) is 5.92 Å². The maximum atomic E-state index is 13.0. The van der Waals surface area contributed by atoms with Crippen LogP contribution < -0.4 is 5.32 Å². The second kappa shape index (κ2) is 11.5. The topological polar surface area (TPSA) is 149 Å². The second-order valence-electron chi connectivity index (χ2n) is 8.30. The van der Waals surface area contributed by atoms with Gasteiger partial charge in [0.25, 0.3) is 0 Å². The number of nitrogens with one attached hydrogen (secondary N) is 1. The number of thioether (sulfide) groups is 1. The van der Waals surface area contributed by atoms with Crippen molar-refractivity contribution >= 4 is 37.1 Å². The Morgan fingerprint density at radius 2 is 2.03 bits per heavy atom. The van der Waals surface area contributed by atoms with Gasteiger partial charge in [-0.25, -0.2) is 4.57 Å². The van der Waals surface area contributed by atoms with Crippen LogP contribution in [0.1, 0.15) is 33.1 Å². The smallest absolute Gasteiger partial charge is 0.388 e. The fraction of sp³-hybridized carbons (Fsp3) is 0.944. The second-order valence-corrected chi connectivity index (χ2v) is 11.1. The molecule has 0 bridgehead atoms. The number of aliphatic hydroxyl groups is 2. The third kappa shape index (κ3) is 7.02. The minimum absolute atomic E-state index is 0.238. The summed E-state index contributed by atoms with van der Waals surface area (Å²) < 4.78 is 21.7. The Hall–Kier alpha value is 0.0600. The molecule has 182 valence electrons. The molecule has 10 nitrogen and oxygen atoms in total. The van der Waals surface area contributed by atoms with E-state index in [-0.39, 0.29) is 11.9 Å². The summed E-state index contributed by atoms with van der Waals surface area (Å²) in [6.07, 6.45) is -1.37. The molecule has 0 aromatic heterocycles. The fourth-order valence-corrected chi connectivity index (χ4v) is 5.93. The summed E-state index contributed by atoms with van der Waals surface area (Å²) in [6.45, 7) is 4.57. The summed E-state index contributed by atoms with van der Waals surface area (Å²) in [5, 5.41) is 23.4. The molecule has 13 heteroatoms. The van der Waals surface area contributed by atoms with Crippen LogP contribution in [-0.2, 0) is 18.6 Å². The number of likely N-dealkylation sites (tertiary alicyclic amines) is 1. The molecule has 2 saturated heterocycles. The van der Waals surface area contributed by atoms with Gasteiger partial charge in [0.05, 0.1) is 17.5 Å². The molecule has 2 aliphatic heterocycles. The third-order valence-corrected chi connectivity index (χ3v) is 7.50. The summed E-state index contributed by atoms with van der Waals surface area (Å²) in [4.78, 5) is 33.3. The molecule has 5 N–H and O–H groups in total. The molecule has 2 rings (SSSR count). The van der Waals surface area contributed by atoms with E-state index in [1.807, 2.05) is 11.9 Å². The van der Waals surface area contributed by atoms with E-state index in [2.05, 4.69) is 16.8 Å². The first-order chi connectivity index (χ1) is 14.4. The zero-order valence-electron chi connectivity index (χ0n) is 18.1. The van der Waals surface area contributed by atoms with Crippen LogP contribution in [-0.4, -0.2) is 98.0 Å². The highest BCUT2D eigenvalue weighted by molar-refractivity contribution is 7.99. The van der Waals surface area contributed by atoms with Crippen molar-refractivity contribution < 1.29 is 38.6 Å². The van der Waals surface area contributed by atoms with Crippen LogP contribution in [0.3, 0.4) is 0 Å². The lowest BCUT2D eigenvalue weighted by Crippen LogP contribution is -2.65. The van der Waals surface area contributed by atoms with Crippen molar-refractivity contribution in [1.82, 2.24) is 10.2 Å². The molecule has 2 heterocycles. The first kappa shape index (κ1) is 27.3. The Morgan fingerprint density at radius 3 is 2.55 bits per heavy atom. The lowest BCUT2D eigenvalue weighted by atomic mass is 9.92. The van der Waals surface area contributed by atoms with Gasteiger partial charge in [-0.1, -0.05) is 13.3 Å². The SMILES string of the molecule is CCC[C@@H]1C[C@H](C(=O)N[C@@H]([C@H]2O[C@H](SC)[C@@H](OP(=O)(O)O)[C@@H](O)[C@H]2O)[C@@H](C)Cl)N(C)C1. The Labute approximate surface area is 192 Å². The van der Waals surface area contributed by atoms with Gasteiger partial charge in [0.1, 0.15) is 29.9 Å². The molecule has 2 fully saturated rings. The van der Waals surface area contributed by atoms with Crippen LogP contribution in [0.2, 0.25) is 0 Å². The number of halogens is 1. The first-order valence-corrected chi connectivity index (χ1v) is 13.6. The number of nitrogens with zero attached hydrogens (tertiary/aromatic N) is 1. The quantitative estimate of drug-likeness (QED) is 0.222. The molecule has 0 aromatic carbocycles. The zero-order chi connectivity index (χ0) is 23.5. The summed E-state index contributed by atoms with van der Waals surface area (Å²) in [6, 6.07) is -1.18. The Morgan fingerprint density at radius 1 is 1.39 bits per heavy atom. The molecule has 0 saturated carbocycles. The molecule has 0 radical (unpaired) electrons. The highest BCUT2D eigenvalue weighted by atomic mass is 35.5. The Kier molecular flexibility index (Phi) is 10.1. The number of hydrogen-bond acceptors (Lipinski definition) is 8. The normalized spacial score (nSPS) is 36.9. The summed E-state index contributed by atoms with van der Waals surface area (Å²) in [5.41, 5.74) is -0.992. The van der Waals surface area contributed by atoms with Gasteiger partial charge in [0.2, 0.25) is 5.91 Å². The van der Waals surface area contributed by atoms with E-state index in [1.165, 1.54) is 0 Å². The van der Waals surface area contributed by atoms with Crippen LogP contribution in [0.25, 0.3) is 0 Å². The van der Waals surface area contributed by atoms with Crippen molar-refractivity contribution in [2.75, 3.05) is 19.8 Å². The largest absolute Gasteiger partial charge is 0.470 e. The fourth-order valence-electron chi connectivity index (χ4n) is 4.37. The number of phosphoric acid groups is 1. The number of phosphoric ester groups is 1. The molecule has 0 aliphatic carbocycles. The van der Waals surface area contributed by atoms with Gasteiger partial charge in [0.15, 0.2) is 0 Å². The number of carbonyl (C=O) groups excluding carboxylic acids is 1. The van der Waals surface area contributed by atoms with Gasteiger partial charge in [0, 0.05) is 6.54 Å². The van der Waals surface area contributed by atoms with Crippen LogP contribution in [0.4, 0.5) is 0 Å². The first-order valence-electron chi connectivity index (χ1n) is 10.3. The minimum atomic E-state index is -4.93. The lowest BCUT2D eigenvalue weighted by molar-refractivity contribution is -0.201. The molecule has 31 heavy (non-hydrogen) atoms. The predicted molar refractivity (Wildman–Crippen MR) is 118 cm³/mol. The summed E-state index contributed by atoms with van der Waals surface area (Å²) >= 11 is 7.38. The Bertz CT molecular complexity index is 654. The van der Waals surface area contributed by atoms with Crippen molar-refractivity contribution in [2.45, 2.75) is 80.4 Å². The number of alkyl halides is 1. The molecule has 1 amide bonds. The number of amides is 1. The van der Waals surface area contributed by atoms with E-state index in [0.29, 0.717) is 5.92 Å². The third-order valence-electron chi connectivity index (χ3n) is 5.87. The van der Waals surface area contributed by atoms with Gasteiger partial charge in [-0.05, 0) is 39.0 Å². The lowest BCUT2D eigenvalue weighted by Gasteiger charge is -2.45. The van der Waals surface area contributed by atoms with Gasteiger partial charge in [-0.15, -0.1) is 23.4 Å². The van der Waals surface area contributed by atoms with E-state index in [9.17, 15) is 19.6 Å². The highest BCUT2D eigenvalue weighted by Gasteiger charge is 2.51. The van der Waals surface area contributed by atoms with E-state index in [4.69, 9.17) is 26.1 Å². The predicted octanol–water partition coefficient (Wildman–Crippen LogP) is 0.506. The van der Waals surface area contributed by atoms with Crippen molar-refractivity contribution in [3.05, 3.63) is 0 Å². The van der Waals surface area contributed by atoms with Crippen molar-refractivity contribution in [3.8, 4) is 0 Å². The van der Waals surface area contributed by atoms with Crippen molar-refractivity contribution in [2.24, 2.45) is 5.92 Å². The van der Waals surface area contributed by atoms with Crippen molar-refractivity contribution in [3.63, 3.8) is 0 Å². The highest BCUT2D eigenvalue weighted by Crippen LogP contribution is 2.43. The van der Waals surface area contributed by atoms with Gasteiger partial charge in [-0.2, -0.15) is 0 Å². The van der Waals surface area contributed by atoms with E-state index < -0.39 is 49.1 Å². The molecule has 0 aromatic rings.